The third kappa shape index (κ3) is 3.56. The number of benzene rings is 1. The number of hydroxylamine groups is 1. The highest BCUT2D eigenvalue weighted by Crippen LogP contribution is 2.28. The quantitative estimate of drug-likeness (QED) is 0.855. The van der Waals surface area contributed by atoms with Gasteiger partial charge in [-0.05, 0) is 12.1 Å². The van der Waals surface area contributed by atoms with E-state index < -0.39 is 0 Å². The molecule has 0 aliphatic rings. The molecule has 0 bridgehead atoms. The fourth-order valence-electron chi connectivity index (χ4n) is 1.60. The Labute approximate surface area is 115 Å². The third-order valence-corrected chi connectivity index (χ3v) is 2.80. The fraction of sp³-hybridized carbons (Fsp3) is 0.231. The lowest BCUT2D eigenvalue weighted by atomic mass is 10.2. The summed E-state index contributed by atoms with van der Waals surface area (Å²) in [4.78, 5) is 19.9. The molecule has 0 aliphatic carbocycles. The second-order valence-corrected chi connectivity index (χ2v) is 4.23. The standard InChI is InChI=1S/C13H13ClN2O3/c1-18-16-12(17)6-7-13-15-8-11(19-13)9-4-2-3-5-10(9)14/h2-5,8H,6-7H2,1H3,(H,16,17). The molecule has 1 aromatic heterocycles. The number of amides is 1. The maximum absolute atomic E-state index is 11.2. The van der Waals surface area contributed by atoms with Crippen molar-refractivity contribution in [3.05, 3.63) is 41.4 Å². The van der Waals surface area contributed by atoms with E-state index in [1.807, 2.05) is 18.2 Å². The number of carbonyl (C=O) groups is 1. The van der Waals surface area contributed by atoms with Gasteiger partial charge < -0.3 is 4.42 Å². The first-order valence-corrected chi connectivity index (χ1v) is 6.10. The maximum Gasteiger partial charge on any atom is 0.244 e. The molecule has 0 fully saturated rings. The topological polar surface area (TPSA) is 64.4 Å². The predicted molar refractivity (Wildman–Crippen MR) is 70.4 cm³/mol. The summed E-state index contributed by atoms with van der Waals surface area (Å²) < 4.78 is 5.56. The highest BCUT2D eigenvalue weighted by Gasteiger charge is 2.10. The average Bonchev–Trinajstić information content (AvgIpc) is 2.86. The summed E-state index contributed by atoms with van der Waals surface area (Å²) in [7, 11) is 1.39. The first-order valence-electron chi connectivity index (χ1n) is 5.72. The number of hydrogen-bond acceptors (Lipinski definition) is 4. The maximum atomic E-state index is 11.2. The highest BCUT2D eigenvalue weighted by molar-refractivity contribution is 6.33. The summed E-state index contributed by atoms with van der Waals surface area (Å²) >= 11 is 6.07. The van der Waals surface area contributed by atoms with Crippen LogP contribution in [0.4, 0.5) is 0 Å². The molecule has 0 aliphatic heterocycles. The van der Waals surface area contributed by atoms with E-state index in [-0.39, 0.29) is 12.3 Å². The van der Waals surface area contributed by atoms with Crippen molar-refractivity contribution in [2.45, 2.75) is 12.8 Å². The van der Waals surface area contributed by atoms with Crippen molar-refractivity contribution in [2.24, 2.45) is 0 Å². The Morgan fingerprint density at radius 2 is 2.26 bits per heavy atom. The van der Waals surface area contributed by atoms with E-state index in [2.05, 4.69) is 15.3 Å². The van der Waals surface area contributed by atoms with Gasteiger partial charge in [0, 0.05) is 18.4 Å². The van der Waals surface area contributed by atoms with Crippen LogP contribution in [0.2, 0.25) is 5.02 Å². The Morgan fingerprint density at radius 3 is 3.00 bits per heavy atom. The molecule has 0 spiro atoms. The van der Waals surface area contributed by atoms with Crippen LogP contribution in [0, 0.1) is 0 Å². The molecule has 0 radical (unpaired) electrons. The van der Waals surface area contributed by atoms with E-state index >= 15 is 0 Å². The molecule has 0 atom stereocenters. The Balaban J connectivity index is 2.04. The van der Waals surface area contributed by atoms with Gasteiger partial charge in [0.25, 0.3) is 0 Å². The molecule has 1 amide bonds. The molecule has 6 heteroatoms. The fourth-order valence-corrected chi connectivity index (χ4v) is 1.83. The van der Waals surface area contributed by atoms with Gasteiger partial charge in [0.15, 0.2) is 11.7 Å². The van der Waals surface area contributed by atoms with Gasteiger partial charge in [0.2, 0.25) is 5.91 Å². The molecular weight excluding hydrogens is 268 g/mol. The molecule has 1 heterocycles. The van der Waals surface area contributed by atoms with Crippen molar-refractivity contribution >= 4 is 17.5 Å². The lowest BCUT2D eigenvalue weighted by molar-refractivity contribution is -0.131. The van der Waals surface area contributed by atoms with Crippen molar-refractivity contribution in [1.29, 1.82) is 0 Å². The average molecular weight is 281 g/mol. The van der Waals surface area contributed by atoms with Gasteiger partial charge in [0.05, 0.1) is 18.3 Å². The van der Waals surface area contributed by atoms with Gasteiger partial charge in [0.1, 0.15) is 0 Å². The Bertz CT molecular complexity index is 569. The number of halogens is 1. The van der Waals surface area contributed by atoms with Crippen LogP contribution in [0.5, 0.6) is 0 Å². The predicted octanol–water partition coefficient (Wildman–Crippen LogP) is 2.61. The van der Waals surface area contributed by atoms with E-state index in [1.54, 1.807) is 12.3 Å². The number of hydrogen-bond donors (Lipinski definition) is 1. The van der Waals surface area contributed by atoms with Crippen LogP contribution in [0.15, 0.2) is 34.9 Å². The summed E-state index contributed by atoms with van der Waals surface area (Å²) in [5.41, 5.74) is 3.02. The number of oxazole rings is 1. The Hall–Kier alpha value is -1.85. The van der Waals surface area contributed by atoms with Crippen LogP contribution in [0.1, 0.15) is 12.3 Å². The van der Waals surface area contributed by atoms with E-state index in [9.17, 15) is 4.79 Å². The van der Waals surface area contributed by atoms with Gasteiger partial charge in [-0.15, -0.1) is 0 Å². The molecule has 0 unspecified atom stereocenters. The molecule has 5 nitrogen and oxygen atoms in total. The van der Waals surface area contributed by atoms with Crippen molar-refractivity contribution in [2.75, 3.05) is 7.11 Å². The molecule has 0 saturated carbocycles. The zero-order valence-electron chi connectivity index (χ0n) is 10.4. The van der Waals surface area contributed by atoms with Crippen molar-refractivity contribution in [3.63, 3.8) is 0 Å². The van der Waals surface area contributed by atoms with Crippen LogP contribution in [-0.2, 0) is 16.1 Å². The largest absolute Gasteiger partial charge is 0.441 e. The number of aryl methyl sites for hydroxylation is 1. The minimum Gasteiger partial charge on any atom is -0.441 e. The normalized spacial score (nSPS) is 10.4. The SMILES string of the molecule is CONC(=O)CCc1ncc(-c2ccccc2Cl)o1. The van der Waals surface area contributed by atoms with Crippen LogP contribution >= 0.6 is 11.6 Å². The summed E-state index contributed by atoms with van der Waals surface area (Å²) in [6, 6.07) is 7.35. The first kappa shape index (κ1) is 13.6. The van der Waals surface area contributed by atoms with Gasteiger partial charge in [-0.1, -0.05) is 23.7 Å². The van der Waals surface area contributed by atoms with Crippen LogP contribution in [0.25, 0.3) is 11.3 Å². The highest BCUT2D eigenvalue weighted by atomic mass is 35.5. The second-order valence-electron chi connectivity index (χ2n) is 3.83. The second kappa shape index (κ2) is 6.36. The number of carbonyl (C=O) groups excluding carboxylic acids is 1. The van der Waals surface area contributed by atoms with Gasteiger partial charge >= 0.3 is 0 Å². The van der Waals surface area contributed by atoms with Crippen molar-refractivity contribution in [1.82, 2.24) is 10.5 Å². The number of nitrogens with one attached hydrogen (secondary N) is 1. The van der Waals surface area contributed by atoms with Crippen LogP contribution < -0.4 is 5.48 Å². The molecule has 1 aromatic carbocycles. The lowest BCUT2D eigenvalue weighted by Crippen LogP contribution is -2.21. The molecule has 2 aromatic rings. The van der Waals surface area contributed by atoms with Crippen molar-refractivity contribution < 1.29 is 14.0 Å². The number of rotatable bonds is 5. The molecule has 0 saturated heterocycles. The van der Waals surface area contributed by atoms with Crippen LogP contribution in [0.3, 0.4) is 0 Å². The zero-order chi connectivity index (χ0) is 13.7. The summed E-state index contributed by atoms with van der Waals surface area (Å²) in [6.07, 6.45) is 2.25. The summed E-state index contributed by atoms with van der Waals surface area (Å²) in [5.74, 6) is 0.855. The number of nitrogens with zero attached hydrogens (tertiary/aromatic N) is 1. The summed E-state index contributed by atoms with van der Waals surface area (Å²) in [5, 5.41) is 0.599. The van der Waals surface area contributed by atoms with E-state index in [4.69, 9.17) is 16.0 Å². The Kier molecular flexibility index (Phi) is 4.54. The third-order valence-electron chi connectivity index (χ3n) is 2.47. The van der Waals surface area contributed by atoms with E-state index in [0.717, 1.165) is 5.56 Å². The van der Waals surface area contributed by atoms with Gasteiger partial charge in [-0.3, -0.25) is 9.63 Å². The zero-order valence-corrected chi connectivity index (χ0v) is 11.1. The van der Waals surface area contributed by atoms with E-state index in [0.29, 0.717) is 23.1 Å². The minimum absolute atomic E-state index is 0.222. The molecule has 19 heavy (non-hydrogen) atoms. The monoisotopic (exact) mass is 280 g/mol. The van der Waals surface area contributed by atoms with Gasteiger partial charge in [-0.2, -0.15) is 0 Å². The van der Waals surface area contributed by atoms with E-state index in [1.165, 1.54) is 7.11 Å². The molecule has 1 N–H and O–H groups in total. The molecular formula is C13H13ClN2O3. The smallest absolute Gasteiger partial charge is 0.244 e. The van der Waals surface area contributed by atoms with Crippen molar-refractivity contribution in [3.8, 4) is 11.3 Å². The van der Waals surface area contributed by atoms with Gasteiger partial charge in [-0.25, -0.2) is 10.5 Å². The lowest BCUT2D eigenvalue weighted by Gasteiger charge is -2.00. The molecule has 2 rings (SSSR count). The summed E-state index contributed by atoms with van der Waals surface area (Å²) in [6.45, 7) is 0. The minimum atomic E-state index is -0.222. The number of aromatic nitrogens is 1. The Morgan fingerprint density at radius 1 is 1.47 bits per heavy atom. The van der Waals surface area contributed by atoms with Crippen LogP contribution in [-0.4, -0.2) is 18.0 Å². The first-order chi connectivity index (χ1) is 9.20. The molecule has 100 valence electrons.